The van der Waals surface area contributed by atoms with E-state index in [9.17, 15) is 4.39 Å². The van der Waals surface area contributed by atoms with Crippen LogP contribution in [-0.4, -0.2) is 14.9 Å². The lowest BCUT2D eigenvalue weighted by Gasteiger charge is -2.09. The number of nitrogens with one attached hydrogen (secondary N) is 2. The Hall–Kier alpha value is -2.44. The Kier molecular flexibility index (Phi) is 5.31. The van der Waals surface area contributed by atoms with Gasteiger partial charge in [-0.1, -0.05) is 35.9 Å². The molecule has 0 atom stereocenters. The molecule has 2 aromatic carbocycles. The summed E-state index contributed by atoms with van der Waals surface area (Å²) in [4.78, 5) is 0. The van der Waals surface area contributed by atoms with Crippen LogP contribution in [-0.2, 0) is 6.54 Å². The van der Waals surface area contributed by atoms with Crippen LogP contribution < -0.4 is 10.6 Å². The van der Waals surface area contributed by atoms with Gasteiger partial charge in [0.15, 0.2) is 10.9 Å². The average molecular weight is 375 g/mol. The molecule has 7 heteroatoms. The highest BCUT2D eigenvalue weighted by Gasteiger charge is 2.09. The van der Waals surface area contributed by atoms with Crippen molar-refractivity contribution in [2.75, 3.05) is 10.6 Å². The van der Waals surface area contributed by atoms with Crippen LogP contribution in [0.2, 0.25) is 5.02 Å². The summed E-state index contributed by atoms with van der Waals surface area (Å²) < 4.78 is 14.6. The van der Waals surface area contributed by atoms with Crippen molar-refractivity contribution in [3.63, 3.8) is 0 Å². The molecule has 0 fully saturated rings. The highest BCUT2D eigenvalue weighted by Crippen LogP contribution is 2.20. The van der Waals surface area contributed by atoms with Crippen LogP contribution in [0.1, 0.15) is 11.1 Å². The molecule has 4 nitrogen and oxygen atoms in total. The molecule has 0 aliphatic rings. The first-order valence-corrected chi connectivity index (χ1v) is 8.40. The molecule has 1 heterocycles. The summed E-state index contributed by atoms with van der Waals surface area (Å²) in [6, 6.07) is 14.1. The molecule has 0 spiro atoms. The van der Waals surface area contributed by atoms with Gasteiger partial charge in [-0.2, -0.15) is 5.10 Å². The number of benzene rings is 2. The minimum Gasteiger partial charge on any atom is -0.332 e. The maximum absolute atomic E-state index is 13.0. The van der Waals surface area contributed by atoms with E-state index in [1.807, 2.05) is 31.2 Å². The van der Waals surface area contributed by atoms with Gasteiger partial charge in [0.25, 0.3) is 0 Å². The third kappa shape index (κ3) is 4.78. The van der Waals surface area contributed by atoms with Gasteiger partial charge in [0.1, 0.15) is 10.8 Å². The molecule has 0 radical (unpaired) electrons. The van der Waals surface area contributed by atoms with Crippen molar-refractivity contribution in [1.29, 1.82) is 0 Å². The fraction of sp³-hybridized carbons (Fsp3) is 0.111. The largest absolute Gasteiger partial charge is 0.332 e. The molecule has 0 saturated carbocycles. The fourth-order valence-electron chi connectivity index (χ4n) is 2.33. The van der Waals surface area contributed by atoms with E-state index in [0.29, 0.717) is 22.5 Å². The summed E-state index contributed by atoms with van der Waals surface area (Å²) in [5, 5.41) is 11.3. The van der Waals surface area contributed by atoms with Crippen LogP contribution in [0.5, 0.6) is 0 Å². The first-order valence-electron chi connectivity index (χ1n) is 7.62. The van der Waals surface area contributed by atoms with Crippen molar-refractivity contribution in [1.82, 2.24) is 9.78 Å². The first kappa shape index (κ1) is 17.4. The topological polar surface area (TPSA) is 41.9 Å². The Morgan fingerprint density at radius 1 is 1.20 bits per heavy atom. The number of aromatic nitrogens is 2. The second kappa shape index (κ2) is 7.63. The second-order valence-electron chi connectivity index (χ2n) is 5.60. The molecule has 0 saturated heterocycles. The van der Waals surface area contributed by atoms with Gasteiger partial charge >= 0.3 is 0 Å². The molecular formula is C18H16ClFN4S. The quantitative estimate of drug-likeness (QED) is 0.641. The lowest BCUT2D eigenvalue weighted by Crippen LogP contribution is -2.19. The average Bonchev–Trinajstić information content (AvgIpc) is 2.89. The predicted molar refractivity (Wildman–Crippen MR) is 104 cm³/mol. The van der Waals surface area contributed by atoms with Gasteiger partial charge in [0.2, 0.25) is 0 Å². The van der Waals surface area contributed by atoms with Crippen molar-refractivity contribution in [2.24, 2.45) is 0 Å². The van der Waals surface area contributed by atoms with Crippen molar-refractivity contribution in [2.45, 2.75) is 13.5 Å². The maximum Gasteiger partial charge on any atom is 0.176 e. The maximum atomic E-state index is 13.0. The first-order chi connectivity index (χ1) is 12.0. The van der Waals surface area contributed by atoms with E-state index in [-0.39, 0.29) is 5.82 Å². The lowest BCUT2D eigenvalue weighted by atomic mass is 10.2. The monoisotopic (exact) mass is 374 g/mol. The molecule has 3 rings (SSSR count). The molecule has 0 bridgehead atoms. The fourth-order valence-corrected chi connectivity index (χ4v) is 2.74. The third-order valence-corrected chi connectivity index (χ3v) is 3.96. The number of hydrogen-bond acceptors (Lipinski definition) is 2. The molecular weight excluding hydrogens is 359 g/mol. The Morgan fingerprint density at radius 3 is 2.68 bits per heavy atom. The number of hydrogen-bond donors (Lipinski definition) is 2. The Balaban J connectivity index is 1.65. The van der Waals surface area contributed by atoms with Crippen LogP contribution in [0.15, 0.2) is 54.7 Å². The molecule has 0 amide bonds. The zero-order chi connectivity index (χ0) is 17.8. The zero-order valence-corrected chi connectivity index (χ0v) is 15.0. The van der Waals surface area contributed by atoms with Crippen LogP contribution in [0.3, 0.4) is 0 Å². The van der Waals surface area contributed by atoms with Crippen LogP contribution in [0.4, 0.5) is 15.9 Å². The number of thiocarbonyl (C=S) groups is 1. The second-order valence-corrected chi connectivity index (χ2v) is 6.41. The van der Waals surface area contributed by atoms with E-state index in [4.69, 9.17) is 23.8 Å². The smallest absolute Gasteiger partial charge is 0.176 e. The van der Waals surface area contributed by atoms with Gasteiger partial charge in [0.05, 0.1) is 6.54 Å². The standard InChI is InChI=1S/C18H16ClFN4S/c1-12-3-2-4-15(9-12)21-18(25)22-17-16(19)11-24(23-17)10-13-5-7-14(20)8-6-13/h2-9,11H,10H2,1H3,(H2,21,22,23,25). The molecule has 0 aliphatic carbocycles. The van der Waals surface area contributed by atoms with Crippen molar-refractivity contribution in [3.8, 4) is 0 Å². The van der Waals surface area contributed by atoms with Gasteiger partial charge in [-0.15, -0.1) is 0 Å². The third-order valence-electron chi connectivity index (χ3n) is 3.48. The number of halogens is 2. The molecule has 0 aliphatic heterocycles. The minimum atomic E-state index is -0.267. The van der Waals surface area contributed by atoms with E-state index >= 15 is 0 Å². The molecule has 3 aromatic rings. The predicted octanol–water partition coefficient (Wildman–Crippen LogP) is 4.84. The molecule has 2 N–H and O–H groups in total. The summed E-state index contributed by atoms with van der Waals surface area (Å²) in [7, 11) is 0. The summed E-state index contributed by atoms with van der Waals surface area (Å²) >= 11 is 11.5. The SMILES string of the molecule is Cc1cccc(NC(=S)Nc2nn(Cc3ccc(F)cc3)cc2Cl)c1. The van der Waals surface area contributed by atoms with E-state index in [2.05, 4.69) is 15.7 Å². The van der Waals surface area contributed by atoms with Gasteiger partial charge in [-0.3, -0.25) is 4.68 Å². The van der Waals surface area contributed by atoms with E-state index < -0.39 is 0 Å². The van der Waals surface area contributed by atoms with E-state index in [1.165, 1.54) is 12.1 Å². The van der Waals surface area contributed by atoms with E-state index in [1.54, 1.807) is 23.0 Å². The summed E-state index contributed by atoms with van der Waals surface area (Å²) in [6.45, 7) is 2.50. The van der Waals surface area contributed by atoms with Gasteiger partial charge < -0.3 is 10.6 Å². The molecule has 0 unspecified atom stereocenters. The molecule has 25 heavy (non-hydrogen) atoms. The number of nitrogens with zero attached hydrogens (tertiary/aromatic N) is 2. The van der Waals surface area contributed by atoms with Gasteiger partial charge in [0, 0.05) is 11.9 Å². The summed E-state index contributed by atoms with van der Waals surface area (Å²) in [5.41, 5.74) is 2.95. The highest BCUT2D eigenvalue weighted by atomic mass is 35.5. The van der Waals surface area contributed by atoms with Crippen LogP contribution in [0, 0.1) is 12.7 Å². The van der Waals surface area contributed by atoms with Crippen molar-refractivity contribution in [3.05, 3.63) is 76.7 Å². The van der Waals surface area contributed by atoms with Crippen LogP contribution >= 0.6 is 23.8 Å². The minimum absolute atomic E-state index is 0.267. The number of aryl methyl sites for hydroxylation is 1. The number of rotatable bonds is 4. The Bertz CT molecular complexity index is 892. The number of anilines is 2. The summed E-state index contributed by atoms with van der Waals surface area (Å²) in [5.74, 6) is 0.200. The molecule has 128 valence electrons. The lowest BCUT2D eigenvalue weighted by molar-refractivity contribution is 0.624. The van der Waals surface area contributed by atoms with Gasteiger partial charge in [-0.25, -0.2) is 4.39 Å². The normalized spacial score (nSPS) is 10.5. The summed E-state index contributed by atoms with van der Waals surface area (Å²) in [6.07, 6.45) is 1.70. The van der Waals surface area contributed by atoms with Crippen molar-refractivity contribution < 1.29 is 4.39 Å². The Labute approximate surface area is 155 Å². The molecule has 1 aromatic heterocycles. The Morgan fingerprint density at radius 2 is 1.96 bits per heavy atom. The van der Waals surface area contributed by atoms with Crippen molar-refractivity contribution >= 4 is 40.4 Å². The van der Waals surface area contributed by atoms with E-state index in [0.717, 1.165) is 16.8 Å². The van der Waals surface area contributed by atoms with Gasteiger partial charge in [-0.05, 0) is 54.5 Å². The van der Waals surface area contributed by atoms with Crippen LogP contribution in [0.25, 0.3) is 0 Å². The highest BCUT2D eigenvalue weighted by molar-refractivity contribution is 7.80. The zero-order valence-electron chi connectivity index (χ0n) is 13.5.